The van der Waals surface area contributed by atoms with Gasteiger partial charge in [-0.25, -0.2) is 0 Å². The number of alkyl halides is 2. The van der Waals surface area contributed by atoms with Crippen LogP contribution in [-0.2, 0) is 0 Å². The van der Waals surface area contributed by atoms with Crippen molar-refractivity contribution in [3.63, 3.8) is 0 Å². The molecular formula is C5H3F2N3O. The number of rotatable bonds is 2. The fourth-order valence-electron chi connectivity index (χ4n) is 0.512. The largest absolute Gasteiger partial charge is 0.415 e. The highest BCUT2D eigenvalue weighted by Gasteiger charge is 2.06. The highest BCUT2D eigenvalue weighted by Crippen LogP contribution is 2.09. The van der Waals surface area contributed by atoms with E-state index in [9.17, 15) is 8.78 Å². The summed E-state index contributed by atoms with van der Waals surface area (Å²) in [5.74, 6) is -0.281. The molecule has 0 radical (unpaired) electrons. The first-order valence-corrected chi connectivity index (χ1v) is 2.62. The predicted octanol–water partition coefficient (Wildman–Crippen LogP) is 0.883. The number of nitriles is 1. The van der Waals surface area contributed by atoms with Crippen LogP contribution in [0.2, 0.25) is 0 Å². The number of aromatic nitrogens is 2. The maximum absolute atomic E-state index is 11.5. The van der Waals surface area contributed by atoms with Gasteiger partial charge in [0.15, 0.2) is 0 Å². The Labute approximate surface area is 60.4 Å². The maximum atomic E-state index is 11.5. The van der Waals surface area contributed by atoms with Gasteiger partial charge in [-0.2, -0.15) is 14.0 Å². The zero-order chi connectivity index (χ0) is 8.27. The zero-order valence-electron chi connectivity index (χ0n) is 5.21. The molecule has 11 heavy (non-hydrogen) atoms. The van der Waals surface area contributed by atoms with Gasteiger partial charge < -0.3 is 4.74 Å². The first-order valence-electron chi connectivity index (χ1n) is 2.62. The molecule has 1 heterocycles. The van der Waals surface area contributed by atoms with Gasteiger partial charge in [0.2, 0.25) is 5.88 Å². The minimum Gasteiger partial charge on any atom is -0.415 e. The molecule has 6 heteroatoms. The third-order valence-corrected chi connectivity index (χ3v) is 0.885. The summed E-state index contributed by atoms with van der Waals surface area (Å²) in [5.41, 5.74) is 0.0839. The summed E-state index contributed by atoms with van der Waals surface area (Å²) in [6, 6.07) is 2.77. The van der Waals surface area contributed by atoms with Crippen molar-refractivity contribution >= 4 is 0 Å². The number of nitrogens with zero attached hydrogens (tertiary/aromatic N) is 2. The number of H-pyrrole nitrogens is 1. The number of hydrogen-bond acceptors (Lipinski definition) is 3. The molecule has 0 atom stereocenters. The molecule has 4 nitrogen and oxygen atoms in total. The Hall–Kier alpha value is -1.64. The zero-order valence-corrected chi connectivity index (χ0v) is 5.21. The van der Waals surface area contributed by atoms with Gasteiger partial charge in [0, 0.05) is 6.07 Å². The van der Waals surface area contributed by atoms with Gasteiger partial charge in [-0.1, -0.05) is 0 Å². The molecule has 0 bridgehead atoms. The van der Waals surface area contributed by atoms with Crippen LogP contribution < -0.4 is 4.74 Å². The maximum Gasteiger partial charge on any atom is 0.388 e. The quantitative estimate of drug-likeness (QED) is 0.696. The average Bonchev–Trinajstić information content (AvgIpc) is 2.34. The molecule has 1 aromatic heterocycles. The fraction of sp³-hybridized carbons (Fsp3) is 0.200. The SMILES string of the molecule is N#Cc1cc(OC(F)F)n[nH]1. The average molecular weight is 159 g/mol. The van der Waals surface area contributed by atoms with Crippen molar-refractivity contribution in [2.75, 3.05) is 0 Å². The Kier molecular flexibility index (Phi) is 2.01. The minimum atomic E-state index is -2.91. The molecule has 0 unspecified atom stereocenters. The van der Waals surface area contributed by atoms with Crippen LogP contribution in [-0.4, -0.2) is 16.8 Å². The third-order valence-electron chi connectivity index (χ3n) is 0.885. The van der Waals surface area contributed by atoms with Crippen molar-refractivity contribution in [1.82, 2.24) is 10.2 Å². The van der Waals surface area contributed by atoms with Gasteiger partial charge in [-0.15, -0.1) is 5.10 Å². The van der Waals surface area contributed by atoms with E-state index in [2.05, 4.69) is 14.9 Å². The second kappa shape index (κ2) is 2.96. The standard InChI is InChI=1S/C5H3F2N3O/c6-5(7)11-4-1-3(2-8)9-10-4/h1,5H,(H,9,10). The summed E-state index contributed by atoms with van der Waals surface area (Å²) in [5, 5.41) is 13.7. The Bertz CT molecular complexity index is 278. The van der Waals surface area contributed by atoms with E-state index in [4.69, 9.17) is 5.26 Å². The van der Waals surface area contributed by atoms with Crippen molar-refractivity contribution in [2.45, 2.75) is 6.61 Å². The fourth-order valence-corrected chi connectivity index (χ4v) is 0.512. The number of hydrogen-bond donors (Lipinski definition) is 1. The van der Waals surface area contributed by atoms with Gasteiger partial charge in [0.05, 0.1) is 0 Å². The molecular weight excluding hydrogens is 156 g/mol. The number of nitrogens with one attached hydrogen (secondary N) is 1. The summed E-state index contributed by atoms with van der Waals surface area (Å²) in [6.45, 7) is -2.91. The first-order chi connectivity index (χ1) is 5.22. The van der Waals surface area contributed by atoms with Gasteiger partial charge in [0.1, 0.15) is 11.8 Å². The van der Waals surface area contributed by atoms with Gasteiger partial charge >= 0.3 is 6.61 Å². The molecule has 1 rings (SSSR count). The molecule has 0 saturated carbocycles. The Morgan fingerprint density at radius 3 is 2.91 bits per heavy atom. The van der Waals surface area contributed by atoms with E-state index in [0.29, 0.717) is 0 Å². The predicted molar refractivity (Wildman–Crippen MR) is 29.9 cm³/mol. The molecule has 0 aliphatic heterocycles. The number of halogens is 2. The molecule has 0 fully saturated rings. The Balaban J connectivity index is 2.67. The Morgan fingerprint density at radius 2 is 2.45 bits per heavy atom. The van der Waals surface area contributed by atoms with E-state index in [1.165, 1.54) is 0 Å². The summed E-state index contributed by atoms with van der Waals surface area (Å²) in [6.07, 6.45) is 0. The lowest BCUT2D eigenvalue weighted by atomic mass is 10.5. The minimum absolute atomic E-state index is 0.0839. The first kappa shape index (κ1) is 7.47. The molecule has 1 aromatic rings. The molecule has 0 aliphatic rings. The summed E-state index contributed by atoms with van der Waals surface area (Å²) in [4.78, 5) is 0. The summed E-state index contributed by atoms with van der Waals surface area (Å²) >= 11 is 0. The van der Waals surface area contributed by atoms with Crippen LogP contribution in [0, 0.1) is 11.3 Å². The van der Waals surface area contributed by atoms with Gasteiger partial charge in [0.25, 0.3) is 0 Å². The monoisotopic (exact) mass is 159 g/mol. The summed E-state index contributed by atoms with van der Waals surface area (Å²) in [7, 11) is 0. The van der Waals surface area contributed by atoms with E-state index < -0.39 is 6.61 Å². The van der Waals surface area contributed by atoms with Crippen LogP contribution in [0.4, 0.5) is 8.78 Å². The van der Waals surface area contributed by atoms with Crippen LogP contribution in [0.1, 0.15) is 5.69 Å². The molecule has 0 spiro atoms. The van der Waals surface area contributed by atoms with Crippen LogP contribution in [0.3, 0.4) is 0 Å². The van der Waals surface area contributed by atoms with Crippen molar-refractivity contribution in [3.8, 4) is 11.9 Å². The number of ether oxygens (including phenoxy) is 1. The van der Waals surface area contributed by atoms with Crippen LogP contribution in [0.5, 0.6) is 5.88 Å². The topological polar surface area (TPSA) is 61.7 Å². The van der Waals surface area contributed by atoms with Crippen molar-refractivity contribution < 1.29 is 13.5 Å². The molecule has 1 N–H and O–H groups in total. The van der Waals surface area contributed by atoms with Gasteiger partial charge in [-0.05, 0) is 0 Å². The Morgan fingerprint density at radius 1 is 1.73 bits per heavy atom. The van der Waals surface area contributed by atoms with E-state index in [0.717, 1.165) is 6.07 Å². The number of aromatic amines is 1. The highest BCUT2D eigenvalue weighted by molar-refractivity contribution is 5.24. The second-order valence-corrected chi connectivity index (χ2v) is 1.61. The van der Waals surface area contributed by atoms with Crippen LogP contribution >= 0.6 is 0 Å². The molecule has 0 aliphatic carbocycles. The van der Waals surface area contributed by atoms with E-state index >= 15 is 0 Å². The van der Waals surface area contributed by atoms with Crippen molar-refractivity contribution in [1.29, 1.82) is 5.26 Å². The van der Waals surface area contributed by atoms with Crippen molar-refractivity contribution in [3.05, 3.63) is 11.8 Å². The second-order valence-electron chi connectivity index (χ2n) is 1.61. The molecule has 0 aromatic carbocycles. The highest BCUT2D eigenvalue weighted by atomic mass is 19.3. The molecule has 0 saturated heterocycles. The van der Waals surface area contributed by atoms with E-state index in [1.807, 2.05) is 0 Å². The normalized spacial score (nSPS) is 9.64. The van der Waals surface area contributed by atoms with E-state index in [-0.39, 0.29) is 11.6 Å². The smallest absolute Gasteiger partial charge is 0.388 e. The lowest BCUT2D eigenvalue weighted by Crippen LogP contribution is -2.01. The van der Waals surface area contributed by atoms with Crippen molar-refractivity contribution in [2.24, 2.45) is 0 Å². The lowest BCUT2D eigenvalue weighted by Gasteiger charge is -1.96. The lowest BCUT2D eigenvalue weighted by molar-refractivity contribution is -0.0528. The summed E-state index contributed by atoms with van der Waals surface area (Å²) < 4.78 is 26.8. The van der Waals surface area contributed by atoms with Crippen LogP contribution in [0.15, 0.2) is 6.07 Å². The van der Waals surface area contributed by atoms with Crippen LogP contribution in [0.25, 0.3) is 0 Å². The van der Waals surface area contributed by atoms with E-state index in [1.54, 1.807) is 6.07 Å². The molecule has 58 valence electrons. The molecule has 0 amide bonds. The third kappa shape index (κ3) is 1.89. The van der Waals surface area contributed by atoms with Gasteiger partial charge in [-0.3, -0.25) is 5.10 Å².